The van der Waals surface area contributed by atoms with Crippen LogP contribution in [0, 0.1) is 6.92 Å². The van der Waals surface area contributed by atoms with E-state index in [1.807, 2.05) is 86.6 Å². The van der Waals surface area contributed by atoms with E-state index in [4.69, 9.17) is 4.74 Å². The molecule has 190 valence electrons. The predicted octanol–water partition coefficient (Wildman–Crippen LogP) is 5.66. The maximum atomic E-state index is 13.7. The topological polar surface area (TPSA) is 58.6 Å². The molecule has 0 unspecified atom stereocenters. The third-order valence-electron chi connectivity index (χ3n) is 6.15. The van der Waals surface area contributed by atoms with Crippen LogP contribution in [0.25, 0.3) is 0 Å². The first-order chi connectivity index (χ1) is 17.4. The fourth-order valence-corrected chi connectivity index (χ4v) is 4.24. The number of nitrogens with zero attached hydrogens (tertiary/aromatic N) is 1. The Morgan fingerprint density at radius 3 is 2.31 bits per heavy atom. The van der Waals surface area contributed by atoms with Crippen LogP contribution in [0.15, 0.2) is 78.9 Å². The molecule has 0 saturated carbocycles. The number of hydrogen-bond donors (Lipinski definition) is 1. The third kappa shape index (κ3) is 7.70. The highest BCUT2D eigenvalue weighted by molar-refractivity contribution is 5.88. The minimum absolute atomic E-state index is 0.137. The molecule has 0 spiro atoms. The second-order valence-corrected chi connectivity index (χ2v) is 9.49. The summed E-state index contributed by atoms with van der Waals surface area (Å²) >= 11 is 0. The van der Waals surface area contributed by atoms with Gasteiger partial charge in [0.1, 0.15) is 11.8 Å². The number of aryl methyl sites for hydroxylation is 1. The van der Waals surface area contributed by atoms with E-state index in [0.717, 1.165) is 28.7 Å². The fraction of sp³-hybridized carbons (Fsp3) is 0.355. The largest absolute Gasteiger partial charge is 0.483 e. The molecule has 0 fully saturated rings. The number of hydrogen-bond acceptors (Lipinski definition) is 3. The molecular weight excluding hydrogens is 448 g/mol. The molecule has 2 amide bonds. The van der Waals surface area contributed by atoms with Crippen molar-refractivity contribution in [2.24, 2.45) is 0 Å². The lowest BCUT2D eigenvalue weighted by Gasteiger charge is -2.31. The van der Waals surface area contributed by atoms with Gasteiger partial charge in [-0.2, -0.15) is 0 Å². The summed E-state index contributed by atoms with van der Waals surface area (Å²) in [6.07, 6.45) is 1.25. The van der Waals surface area contributed by atoms with Crippen LogP contribution in [-0.4, -0.2) is 35.9 Å². The first-order valence-corrected chi connectivity index (χ1v) is 12.8. The van der Waals surface area contributed by atoms with Gasteiger partial charge in [-0.3, -0.25) is 9.59 Å². The number of carbonyl (C=O) groups excluding carboxylic acids is 2. The van der Waals surface area contributed by atoms with Crippen LogP contribution < -0.4 is 10.1 Å². The average molecular weight is 487 g/mol. The van der Waals surface area contributed by atoms with Gasteiger partial charge in [-0.25, -0.2) is 0 Å². The first kappa shape index (κ1) is 27.0. The zero-order chi connectivity index (χ0) is 25.9. The third-order valence-corrected chi connectivity index (χ3v) is 6.15. The molecule has 3 rings (SSSR count). The number of carbonyl (C=O) groups is 2. The summed E-state index contributed by atoms with van der Waals surface area (Å²) in [5, 5.41) is 3.01. The molecule has 3 aromatic carbocycles. The molecule has 0 radical (unpaired) electrons. The van der Waals surface area contributed by atoms with Crippen molar-refractivity contribution in [1.82, 2.24) is 10.2 Å². The Morgan fingerprint density at radius 1 is 0.917 bits per heavy atom. The quantitative estimate of drug-likeness (QED) is 0.359. The summed E-state index contributed by atoms with van der Waals surface area (Å²) in [6.45, 7) is 8.99. The molecule has 3 aromatic rings. The minimum Gasteiger partial charge on any atom is -0.483 e. The van der Waals surface area contributed by atoms with Crippen LogP contribution in [0.2, 0.25) is 0 Å². The van der Waals surface area contributed by atoms with Crippen molar-refractivity contribution >= 4 is 11.8 Å². The smallest absolute Gasteiger partial charge is 0.261 e. The van der Waals surface area contributed by atoms with Gasteiger partial charge in [0.15, 0.2) is 6.61 Å². The van der Waals surface area contributed by atoms with E-state index in [1.165, 1.54) is 0 Å². The van der Waals surface area contributed by atoms with Gasteiger partial charge in [-0.15, -0.1) is 0 Å². The van der Waals surface area contributed by atoms with Gasteiger partial charge < -0.3 is 15.0 Å². The zero-order valence-electron chi connectivity index (χ0n) is 21.9. The molecule has 0 aliphatic carbocycles. The van der Waals surface area contributed by atoms with Crippen molar-refractivity contribution in [2.75, 3.05) is 13.2 Å². The molecule has 0 bridgehead atoms. The molecule has 36 heavy (non-hydrogen) atoms. The second-order valence-electron chi connectivity index (χ2n) is 9.49. The molecule has 0 saturated heterocycles. The van der Waals surface area contributed by atoms with Crippen molar-refractivity contribution in [3.8, 4) is 5.75 Å². The van der Waals surface area contributed by atoms with E-state index in [-0.39, 0.29) is 24.3 Å². The lowest BCUT2D eigenvalue weighted by atomic mass is 10.0. The summed E-state index contributed by atoms with van der Waals surface area (Å²) in [7, 11) is 0. The van der Waals surface area contributed by atoms with Crippen LogP contribution in [-0.2, 0) is 22.6 Å². The minimum atomic E-state index is -0.657. The molecule has 1 N–H and O–H groups in total. The highest BCUT2D eigenvalue weighted by atomic mass is 16.5. The average Bonchev–Trinajstić information content (AvgIpc) is 2.88. The van der Waals surface area contributed by atoms with Gasteiger partial charge in [0.05, 0.1) is 0 Å². The normalized spacial score (nSPS) is 11.7. The van der Waals surface area contributed by atoms with Gasteiger partial charge in [-0.05, 0) is 42.0 Å². The van der Waals surface area contributed by atoms with Crippen LogP contribution in [0.1, 0.15) is 55.4 Å². The van der Waals surface area contributed by atoms with Crippen molar-refractivity contribution in [2.45, 2.75) is 59.0 Å². The predicted molar refractivity (Wildman–Crippen MR) is 145 cm³/mol. The summed E-state index contributed by atoms with van der Waals surface area (Å²) in [5.74, 6) is 0.601. The molecule has 1 atom stereocenters. The van der Waals surface area contributed by atoms with E-state index in [2.05, 4.69) is 25.2 Å². The highest BCUT2D eigenvalue weighted by Crippen LogP contribution is 2.26. The molecular formula is C31H38N2O3. The molecule has 0 aliphatic heterocycles. The number of benzene rings is 3. The first-order valence-electron chi connectivity index (χ1n) is 12.8. The van der Waals surface area contributed by atoms with Gasteiger partial charge in [-0.1, -0.05) is 99.1 Å². The maximum absolute atomic E-state index is 13.7. The monoisotopic (exact) mass is 486 g/mol. The molecule has 0 aromatic heterocycles. The second kappa shape index (κ2) is 13.5. The maximum Gasteiger partial charge on any atom is 0.261 e. The molecule has 0 heterocycles. The Hall–Kier alpha value is -3.60. The highest BCUT2D eigenvalue weighted by Gasteiger charge is 2.30. The van der Waals surface area contributed by atoms with Crippen LogP contribution in [0.4, 0.5) is 0 Å². The van der Waals surface area contributed by atoms with Crippen molar-refractivity contribution < 1.29 is 14.3 Å². The van der Waals surface area contributed by atoms with Gasteiger partial charge in [0.25, 0.3) is 5.91 Å². The van der Waals surface area contributed by atoms with E-state index in [0.29, 0.717) is 25.3 Å². The summed E-state index contributed by atoms with van der Waals surface area (Å²) in [4.78, 5) is 28.8. The Bertz CT molecular complexity index is 1130. The van der Waals surface area contributed by atoms with Crippen molar-refractivity contribution in [1.29, 1.82) is 0 Å². The molecule has 0 aliphatic rings. The number of rotatable bonds is 12. The Labute approximate surface area is 215 Å². The number of amides is 2. The van der Waals surface area contributed by atoms with Gasteiger partial charge in [0, 0.05) is 19.5 Å². The van der Waals surface area contributed by atoms with Crippen LogP contribution in [0.5, 0.6) is 5.75 Å². The van der Waals surface area contributed by atoms with Gasteiger partial charge in [0.2, 0.25) is 5.91 Å². The van der Waals surface area contributed by atoms with Crippen LogP contribution >= 0.6 is 0 Å². The van der Waals surface area contributed by atoms with Crippen molar-refractivity contribution in [3.63, 3.8) is 0 Å². The summed E-state index contributed by atoms with van der Waals surface area (Å²) < 4.78 is 6.04. The van der Waals surface area contributed by atoms with E-state index >= 15 is 0 Å². The lowest BCUT2D eigenvalue weighted by Crippen LogP contribution is -2.51. The molecule has 5 heteroatoms. The Morgan fingerprint density at radius 2 is 1.61 bits per heavy atom. The number of ether oxygens (including phenoxy) is 1. The Balaban J connectivity index is 1.91. The zero-order valence-corrected chi connectivity index (χ0v) is 21.9. The van der Waals surface area contributed by atoms with E-state index in [1.54, 1.807) is 4.90 Å². The lowest BCUT2D eigenvalue weighted by molar-refractivity contribution is -0.142. The van der Waals surface area contributed by atoms with Gasteiger partial charge >= 0.3 is 0 Å². The van der Waals surface area contributed by atoms with E-state index < -0.39 is 6.04 Å². The molecule has 5 nitrogen and oxygen atoms in total. The van der Waals surface area contributed by atoms with Crippen molar-refractivity contribution in [3.05, 3.63) is 101 Å². The summed E-state index contributed by atoms with van der Waals surface area (Å²) in [6, 6.07) is 25.0. The SMILES string of the molecule is CCCNC(=O)[C@H](Cc1ccccc1)N(Cc1cccc(C)c1)C(=O)COc1ccccc1C(C)C. The number of nitrogens with one attached hydrogen (secondary N) is 1. The Kier molecular flexibility index (Phi) is 10.1. The van der Waals surface area contributed by atoms with Crippen LogP contribution in [0.3, 0.4) is 0 Å². The number of para-hydroxylation sites is 1. The standard InChI is InChI=1S/C31H38N2O3/c1-5-18-32-31(35)28(20-25-13-7-6-8-14-25)33(21-26-15-11-12-24(4)19-26)30(34)22-36-29-17-10-9-16-27(29)23(2)3/h6-17,19,23,28H,5,18,20-22H2,1-4H3,(H,32,35)/t28-/m0/s1. The summed E-state index contributed by atoms with van der Waals surface area (Å²) in [5.41, 5.74) is 4.14. The fourth-order valence-electron chi connectivity index (χ4n) is 4.24. The van der Waals surface area contributed by atoms with E-state index in [9.17, 15) is 9.59 Å².